The van der Waals surface area contributed by atoms with Crippen LogP contribution in [-0.2, 0) is 11.2 Å². The van der Waals surface area contributed by atoms with Crippen LogP contribution in [-0.4, -0.2) is 32.3 Å². The van der Waals surface area contributed by atoms with E-state index in [2.05, 4.69) is 15.0 Å². The van der Waals surface area contributed by atoms with E-state index in [1.807, 2.05) is 47.5 Å². The first-order valence-corrected chi connectivity index (χ1v) is 9.84. The maximum absolute atomic E-state index is 12.8. The average molecular weight is 393 g/mol. The van der Waals surface area contributed by atoms with Gasteiger partial charge in [-0.2, -0.15) is 0 Å². The summed E-state index contributed by atoms with van der Waals surface area (Å²) in [5, 5.41) is 0.706. The molecule has 1 saturated heterocycles. The molecule has 3 aromatic rings. The number of benzene rings is 1. The van der Waals surface area contributed by atoms with Crippen molar-refractivity contribution in [2.75, 3.05) is 6.54 Å². The lowest BCUT2D eigenvalue weighted by molar-refractivity contribution is -0.132. The Morgan fingerprint density at radius 2 is 1.96 bits per heavy atom. The van der Waals surface area contributed by atoms with Crippen LogP contribution in [0.15, 0.2) is 61.3 Å². The van der Waals surface area contributed by atoms with Gasteiger partial charge in [-0.15, -0.1) is 0 Å². The van der Waals surface area contributed by atoms with E-state index in [0.29, 0.717) is 17.9 Å². The van der Waals surface area contributed by atoms with E-state index in [4.69, 9.17) is 11.6 Å². The van der Waals surface area contributed by atoms with Crippen LogP contribution < -0.4 is 0 Å². The van der Waals surface area contributed by atoms with E-state index in [9.17, 15) is 4.79 Å². The molecule has 0 bridgehead atoms. The molecule has 0 radical (unpaired) electrons. The molecule has 142 valence electrons. The van der Waals surface area contributed by atoms with Crippen molar-refractivity contribution in [1.29, 1.82) is 0 Å². The van der Waals surface area contributed by atoms with Gasteiger partial charge in [0.2, 0.25) is 5.91 Å². The molecule has 0 spiro atoms. The number of rotatable bonds is 5. The molecule has 2 aromatic heterocycles. The number of likely N-dealkylation sites (tertiary alicyclic amines) is 1. The summed E-state index contributed by atoms with van der Waals surface area (Å²) in [6.07, 6.45) is 10.0. The Balaban J connectivity index is 1.43. The first-order valence-electron chi connectivity index (χ1n) is 9.46. The first-order chi connectivity index (χ1) is 13.7. The molecule has 1 fully saturated rings. The molecule has 28 heavy (non-hydrogen) atoms. The molecule has 4 rings (SSSR count). The van der Waals surface area contributed by atoms with Crippen molar-refractivity contribution < 1.29 is 4.79 Å². The minimum atomic E-state index is 0.0490. The first kappa shape index (κ1) is 18.6. The summed E-state index contributed by atoms with van der Waals surface area (Å²) in [6.45, 7) is 0.787. The van der Waals surface area contributed by atoms with Gasteiger partial charge in [-0.05, 0) is 43.0 Å². The summed E-state index contributed by atoms with van der Waals surface area (Å²) in [4.78, 5) is 27.5. The van der Waals surface area contributed by atoms with E-state index >= 15 is 0 Å². The van der Waals surface area contributed by atoms with Crippen molar-refractivity contribution >= 4 is 17.5 Å². The molecule has 5 nitrogen and oxygen atoms in total. The summed E-state index contributed by atoms with van der Waals surface area (Å²) in [5.74, 6) is 0.171. The van der Waals surface area contributed by atoms with Crippen LogP contribution in [0.5, 0.6) is 0 Å². The molecule has 1 atom stereocenters. The summed E-state index contributed by atoms with van der Waals surface area (Å²) in [7, 11) is 0. The van der Waals surface area contributed by atoms with Gasteiger partial charge in [0.1, 0.15) is 6.33 Å². The third-order valence-electron chi connectivity index (χ3n) is 5.11. The lowest BCUT2D eigenvalue weighted by atomic mass is 10.1. The van der Waals surface area contributed by atoms with Gasteiger partial charge in [-0.25, -0.2) is 9.97 Å². The maximum Gasteiger partial charge on any atom is 0.223 e. The summed E-state index contributed by atoms with van der Waals surface area (Å²) < 4.78 is 0. The summed E-state index contributed by atoms with van der Waals surface area (Å²) in [6, 6.07) is 11.8. The number of aromatic nitrogens is 3. The number of hydrogen-bond donors (Lipinski definition) is 0. The van der Waals surface area contributed by atoms with Crippen LogP contribution in [0, 0.1) is 0 Å². The third kappa shape index (κ3) is 4.20. The van der Waals surface area contributed by atoms with Crippen molar-refractivity contribution in [3.8, 4) is 11.1 Å². The highest BCUT2D eigenvalue weighted by Gasteiger charge is 2.30. The van der Waals surface area contributed by atoms with Gasteiger partial charge in [0, 0.05) is 47.7 Å². The van der Waals surface area contributed by atoms with Crippen LogP contribution in [0.2, 0.25) is 5.02 Å². The highest BCUT2D eigenvalue weighted by atomic mass is 35.5. The van der Waals surface area contributed by atoms with Crippen molar-refractivity contribution in [2.45, 2.75) is 31.7 Å². The standard InChI is InChI=1S/C22H21ClN4O/c23-19-4-1-3-16(11-19)6-9-22(28)27-10-2-5-21(27)20-8-7-17(14-26-20)18-12-24-15-25-13-18/h1,3-4,7-8,11-15,21H,2,5-6,9-10H2. The zero-order valence-electron chi connectivity index (χ0n) is 15.5. The van der Waals surface area contributed by atoms with Gasteiger partial charge in [-0.1, -0.05) is 29.8 Å². The smallest absolute Gasteiger partial charge is 0.223 e. The quantitative estimate of drug-likeness (QED) is 0.642. The number of nitrogens with zero attached hydrogens (tertiary/aromatic N) is 4. The lowest BCUT2D eigenvalue weighted by Gasteiger charge is -2.24. The predicted molar refractivity (Wildman–Crippen MR) is 109 cm³/mol. The Bertz CT molecular complexity index is 946. The van der Waals surface area contributed by atoms with Crippen LogP contribution in [0.4, 0.5) is 0 Å². The molecule has 1 aliphatic heterocycles. The molecule has 3 heterocycles. The maximum atomic E-state index is 12.8. The monoisotopic (exact) mass is 392 g/mol. The third-order valence-corrected chi connectivity index (χ3v) is 5.35. The largest absolute Gasteiger partial charge is 0.334 e. The molecule has 6 heteroatoms. The van der Waals surface area contributed by atoms with E-state index in [1.165, 1.54) is 6.33 Å². The van der Waals surface area contributed by atoms with Crippen LogP contribution in [0.3, 0.4) is 0 Å². The highest BCUT2D eigenvalue weighted by Crippen LogP contribution is 2.32. The number of halogens is 1. The molecule has 0 aliphatic carbocycles. The Hall–Kier alpha value is -2.79. The van der Waals surface area contributed by atoms with Gasteiger partial charge in [0.15, 0.2) is 0 Å². The van der Waals surface area contributed by atoms with Crippen LogP contribution in [0.1, 0.15) is 36.6 Å². The number of pyridine rings is 1. The Morgan fingerprint density at radius 3 is 2.71 bits per heavy atom. The predicted octanol–water partition coefficient (Wildman–Crippen LogP) is 4.49. The Morgan fingerprint density at radius 1 is 1.11 bits per heavy atom. The minimum absolute atomic E-state index is 0.0490. The molecule has 1 aromatic carbocycles. The molecular formula is C22H21ClN4O. The average Bonchev–Trinajstić information content (AvgIpc) is 3.23. The van der Waals surface area contributed by atoms with Crippen molar-refractivity contribution in [1.82, 2.24) is 19.9 Å². The molecular weight excluding hydrogens is 372 g/mol. The summed E-state index contributed by atoms with van der Waals surface area (Å²) >= 11 is 6.04. The van der Waals surface area contributed by atoms with Gasteiger partial charge < -0.3 is 4.90 Å². The normalized spacial score (nSPS) is 16.3. The van der Waals surface area contributed by atoms with E-state index in [0.717, 1.165) is 41.8 Å². The molecule has 1 aliphatic rings. The van der Waals surface area contributed by atoms with Crippen molar-refractivity contribution in [3.63, 3.8) is 0 Å². The number of amides is 1. The van der Waals surface area contributed by atoms with E-state index < -0.39 is 0 Å². The molecule has 1 amide bonds. The van der Waals surface area contributed by atoms with E-state index in [1.54, 1.807) is 12.4 Å². The zero-order chi connectivity index (χ0) is 19.3. The number of aryl methyl sites for hydroxylation is 1. The fourth-order valence-electron chi connectivity index (χ4n) is 3.68. The van der Waals surface area contributed by atoms with Gasteiger partial charge >= 0.3 is 0 Å². The fraction of sp³-hybridized carbons (Fsp3) is 0.273. The second kappa shape index (κ2) is 8.48. The number of carbonyl (C=O) groups is 1. The molecule has 0 N–H and O–H groups in total. The number of carbonyl (C=O) groups excluding carboxylic acids is 1. The Kier molecular flexibility index (Phi) is 5.63. The second-order valence-corrected chi connectivity index (χ2v) is 7.41. The highest BCUT2D eigenvalue weighted by molar-refractivity contribution is 6.30. The van der Waals surface area contributed by atoms with Gasteiger partial charge in [0.05, 0.1) is 11.7 Å². The van der Waals surface area contributed by atoms with Gasteiger partial charge in [0.25, 0.3) is 0 Å². The minimum Gasteiger partial charge on any atom is -0.334 e. The second-order valence-electron chi connectivity index (χ2n) is 6.97. The van der Waals surface area contributed by atoms with Crippen LogP contribution in [0.25, 0.3) is 11.1 Å². The van der Waals surface area contributed by atoms with Crippen LogP contribution >= 0.6 is 11.6 Å². The van der Waals surface area contributed by atoms with Crippen molar-refractivity contribution in [2.24, 2.45) is 0 Å². The molecule has 0 saturated carbocycles. The topological polar surface area (TPSA) is 59.0 Å². The lowest BCUT2D eigenvalue weighted by Crippen LogP contribution is -2.31. The molecule has 1 unspecified atom stereocenters. The van der Waals surface area contributed by atoms with E-state index in [-0.39, 0.29) is 11.9 Å². The zero-order valence-corrected chi connectivity index (χ0v) is 16.2. The SMILES string of the molecule is O=C(CCc1cccc(Cl)c1)N1CCCC1c1ccc(-c2cncnc2)cn1. The van der Waals surface area contributed by atoms with Crippen molar-refractivity contribution in [3.05, 3.63) is 77.6 Å². The number of hydrogen-bond acceptors (Lipinski definition) is 4. The Labute approximate surface area is 169 Å². The van der Waals surface area contributed by atoms with Gasteiger partial charge in [-0.3, -0.25) is 9.78 Å². The fourth-order valence-corrected chi connectivity index (χ4v) is 3.89. The summed E-state index contributed by atoms with van der Waals surface area (Å²) in [5.41, 5.74) is 3.93.